The lowest BCUT2D eigenvalue weighted by atomic mass is 10.1. The van der Waals surface area contributed by atoms with Crippen LogP contribution in [0.3, 0.4) is 0 Å². The van der Waals surface area contributed by atoms with Crippen LogP contribution < -0.4 is 4.90 Å². The van der Waals surface area contributed by atoms with Gasteiger partial charge >= 0.3 is 0 Å². The average Bonchev–Trinajstić information content (AvgIpc) is 3.05. The fourth-order valence-electron chi connectivity index (χ4n) is 3.34. The third-order valence-corrected chi connectivity index (χ3v) is 7.87. The molecule has 0 amide bonds. The molecular formula is C18H15Cl2FN2O2S2. The Morgan fingerprint density at radius 1 is 1.19 bits per heavy atom. The quantitative estimate of drug-likeness (QED) is 0.703. The molecule has 0 aromatic heterocycles. The second-order valence-corrected chi connectivity index (χ2v) is 10.4. The first-order valence-electron chi connectivity index (χ1n) is 8.22. The molecule has 0 N–H and O–H groups in total. The number of anilines is 1. The van der Waals surface area contributed by atoms with Crippen LogP contribution in [0.1, 0.15) is 5.56 Å². The highest BCUT2D eigenvalue weighted by molar-refractivity contribution is 8.13. The van der Waals surface area contributed by atoms with E-state index in [0.29, 0.717) is 15.8 Å². The van der Waals surface area contributed by atoms with Crippen molar-refractivity contribution in [3.63, 3.8) is 0 Å². The molecule has 0 saturated carbocycles. The Balaban J connectivity index is 1.63. The van der Waals surface area contributed by atoms with Gasteiger partial charge in [0, 0.05) is 21.5 Å². The number of nitrogens with zero attached hydrogens (tertiary/aromatic N) is 2. The minimum atomic E-state index is -3.11. The summed E-state index contributed by atoms with van der Waals surface area (Å²) >= 11 is 13.7. The van der Waals surface area contributed by atoms with Gasteiger partial charge in [-0.25, -0.2) is 12.8 Å². The molecule has 142 valence electrons. The predicted molar refractivity (Wildman–Crippen MR) is 110 cm³/mol. The molecule has 4 rings (SSSR count). The minimum Gasteiger partial charge on any atom is -0.315 e. The summed E-state index contributed by atoms with van der Waals surface area (Å²) in [6.07, 6.45) is 0. The summed E-state index contributed by atoms with van der Waals surface area (Å²) in [4.78, 5) is 6.61. The van der Waals surface area contributed by atoms with E-state index in [9.17, 15) is 12.8 Å². The summed E-state index contributed by atoms with van der Waals surface area (Å²) in [5.74, 6) is 0.235. The van der Waals surface area contributed by atoms with Crippen LogP contribution in [0.4, 0.5) is 10.1 Å². The summed E-state index contributed by atoms with van der Waals surface area (Å²) in [5.41, 5.74) is 1.60. The van der Waals surface area contributed by atoms with E-state index in [2.05, 4.69) is 4.99 Å². The molecular weight excluding hydrogens is 430 g/mol. The standard InChI is InChI=1S/C18H15Cl2FN2O2S2/c19-12-2-1-3-14(6-12)23-17-10-27(24,25)9-16(17)22-18(23)26-8-11-4-5-13(21)7-15(11)20/h1-7,16-17H,8-10H2/t16-,17+/m0/s1. The van der Waals surface area contributed by atoms with Gasteiger partial charge in [0.15, 0.2) is 15.0 Å². The van der Waals surface area contributed by atoms with Gasteiger partial charge in [-0.3, -0.25) is 4.99 Å². The van der Waals surface area contributed by atoms with Crippen LogP contribution in [0, 0.1) is 5.82 Å². The minimum absolute atomic E-state index is 0.0517. The average molecular weight is 445 g/mol. The van der Waals surface area contributed by atoms with Crippen molar-refractivity contribution >= 4 is 55.7 Å². The normalized spacial score (nSPS) is 23.4. The highest BCUT2D eigenvalue weighted by Gasteiger charge is 2.47. The van der Waals surface area contributed by atoms with Crippen molar-refractivity contribution in [2.75, 3.05) is 16.4 Å². The fourth-order valence-corrected chi connectivity index (χ4v) is 6.81. The van der Waals surface area contributed by atoms with Crippen LogP contribution in [-0.2, 0) is 15.6 Å². The van der Waals surface area contributed by atoms with Crippen LogP contribution >= 0.6 is 35.0 Å². The number of hydrogen-bond donors (Lipinski definition) is 0. The molecule has 0 aliphatic carbocycles. The zero-order valence-electron chi connectivity index (χ0n) is 14.0. The van der Waals surface area contributed by atoms with Crippen molar-refractivity contribution in [1.82, 2.24) is 0 Å². The molecule has 0 unspecified atom stereocenters. The molecule has 4 nitrogen and oxygen atoms in total. The predicted octanol–water partition coefficient (Wildman–Crippen LogP) is 4.41. The zero-order chi connectivity index (χ0) is 19.2. The summed E-state index contributed by atoms with van der Waals surface area (Å²) < 4.78 is 37.4. The van der Waals surface area contributed by atoms with E-state index < -0.39 is 9.84 Å². The number of halogens is 3. The van der Waals surface area contributed by atoms with Crippen molar-refractivity contribution < 1.29 is 12.8 Å². The van der Waals surface area contributed by atoms with Gasteiger partial charge in [-0.2, -0.15) is 0 Å². The largest absolute Gasteiger partial charge is 0.315 e. The number of sulfone groups is 1. The van der Waals surface area contributed by atoms with Gasteiger partial charge in [-0.05, 0) is 35.9 Å². The monoisotopic (exact) mass is 444 g/mol. The van der Waals surface area contributed by atoms with Crippen molar-refractivity contribution in [3.05, 3.63) is 63.9 Å². The van der Waals surface area contributed by atoms with Gasteiger partial charge in [-0.15, -0.1) is 0 Å². The van der Waals surface area contributed by atoms with Crippen molar-refractivity contribution in [1.29, 1.82) is 0 Å². The molecule has 1 fully saturated rings. The smallest absolute Gasteiger partial charge is 0.164 e. The Morgan fingerprint density at radius 3 is 2.74 bits per heavy atom. The van der Waals surface area contributed by atoms with Crippen LogP contribution in [-0.4, -0.2) is 37.2 Å². The number of amidine groups is 1. The molecule has 2 aliphatic rings. The van der Waals surface area contributed by atoms with Gasteiger partial charge in [0.25, 0.3) is 0 Å². The third kappa shape index (κ3) is 3.97. The van der Waals surface area contributed by atoms with E-state index in [1.165, 1.54) is 23.9 Å². The lowest BCUT2D eigenvalue weighted by molar-refractivity contribution is 0.601. The summed E-state index contributed by atoms with van der Waals surface area (Å²) in [5, 5.41) is 1.66. The number of rotatable bonds is 3. The van der Waals surface area contributed by atoms with Gasteiger partial charge in [0.05, 0.1) is 23.6 Å². The molecule has 0 radical (unpaired) electrons. The fraction of sp³-hybridized carbons (Fsp3) is 0.278. The molecule has 2 aromatic rings. The topological polar surface area (TPSA) is 49.7 Å². The Hall–Kier alpha value is -1.28. The summed E-state index contributed by atoms with van der Waals surface area (Å²) in [6.45, 7) is 0. The van der Waals surface area contributed by atoms with Gasteiger partial charge < -0.3 is 4.90 Å². The highest BCUT2D eigenvalue weighted by atomic mass is 35.5. The first-order chi connectivity index (χ1) is 12.8. The number of thioether (sulfide) groups is 1. The molecule has 2 atom stereocenters. The zero-order valence-corrected chi connectivity index (χ0v) is 17.1. The molecule has 9 heteroatoms. The van der Waals surface area contributed by atoms with E-state index in [1.54, 1.807) is 18.2 Å². The Bertz CT molecular complexity index is 1030. The lowest BCUT2D eigenvalue weighted by Gasteiger charge is -2.26. The van der Waals surface area contributed by atoms with E-state index in [4.69, 9.17) is 23.2 Å². The maximum Gasteiger partial charge on any atom is 0.164 e. The molecule has 2 heterocycles. The Kier molecular flexibility index (Phi) is 5.14. The first kappa shape index (κ1) is 19.1. The molecule has 27 heavy (non-hydrogen) atoms. The van der Waals surface area contributed by atoms with Crippen LogP contribution in [0.5, 0.6) is 0 Å². The van der Waals surface area contributed by atoms with Crippen molar-refractivity contribution in [3.8, 4) is 0 Å². The molecule has 2 aromatic carbocycles. The van der Waals surface area contributed by atoms with Crippen molar-refractivity contribution in [2.45, 2.75) is 17.8 Å². The first-order valence-corrected chi connectivity index (χ1v) is 11.8. The number of hydrogen-bond acceptors (Lipinski definition) is 5. The number of benzene rings is 2. The Morgan fingerprint density at radius 2 is 2.00 bits per heavy atom. The highest BCUT2D eigenvalue weighted by Crippen LogP contribution is 2.37. The second kappa shape index (κ2) is 7.28. The van der Waals surface area contributed by atoms with Crippen LogP contribution in [0.2, 0.25) is 10.0 Å². The second-order valence-electron chi connectivity index (χ2n) is 6.50. The molecule has 0 spiro atoms. The van der Waals surface area contributed by atoms with E-state index in [-0.39, 0.29) is 29.4 Å². The number of fused-ring (bicyclic) bond motifs is 1. The van der Waals surface area contributed by atoms with E-state index in [1.807, 2.05) is 17.0 Å². The summed E-state index contributed by atoms with van der Waals surface area (Å²) in [6, 6.07) is 11.1. The third-order valence-electron chi connectivity index (χ3n) is 4.57. The van der Waals surface area contributed by atoms with E-state index in [0.717, 1.165) is 16.4 Å². The maximum atomic E-state index is 13.2. The number of aliphatic imine (C=N–C) groups is 1. The van der Waals surface area contributed by atoms with Crippen LogP contribution in [0.25, 0.3) is 0 Å². The van der Waals surface area contributed by atoms with Crippen LogP contribution in [0.15, 0.2) is 47.5 Å². The van der Waals surface area contributed by atoms with Gasteiger partial charge in [-0.1, -0.05) is 47.1 Å². The molecule has 2 aliphatic heterocycles. The van der Waals surface area contributed by atoms with Gasteiger partial charge in [0.2, 0.25) is 0 Å². The van der Waals surface area contributed by atoms with Crippen molar-refractivity contribution in [2.24, 2.45) is 4.99 Å². The lowest BCUT2D eigenvalue weighted by Crippen LogP contribution is -2.39. The van der Waals surface area contributed by atoms with E-state index >= 15 is 0 Å². The molecule has 1 saturated heterocycles. The maximum absolute atomic E-state index is 13.2. The SMILES string of the molecule is O=S1(=O)C[C@@H]2N=C(SCc3ccc(F)cc3Cl)N(c3cccc(Cl)c3)[C@@H]2C1. The molecule has 0 bridgehead atoms. The summed E-state index contributed by atoms with van der Waals surface area (Å²) in [7, 11) is -3.11. The van der Waals surface area contributed by atoms with Gasteiger partial charge in [0.1, 0.15) is 5.82 Å². The Labute approximate surface area is 171 Å².